The molecule has 1 aromatic carbocycles. The van der Waals surface area contributed by atoms with Crippen LogP contribution in [-0.2, 0) is 4.74 Å². The highest BCUT2D eigenvalue weighted by molar-refractivity contribution is 8.00. The van der Waals surface area contributed by atoms with E-state index in [1.165, 1.54) is 25.7 Å². The summed E-state index contributed by atoms with van der Waals surface area (Å²) in [5.74, 6) is 0. The van der Waals surface area contributed by atoms with Crippen molar-refractivity contribution in [3.63, 3.8) is 0 Å². The largest absolute Gasteiger partial charge is 0.385 e. The summed E-state index contributed by atoms with van der Waals surface area (Å²) in [5.41, 5.74) is 0.902. The van der Waals surface area contributed by atoms with Crippen LogP contribution in [0.15, 0.2) is 29.2 Å². The fourth-order valence-electron chi connectivity index (χ4n) is 2.44. The Bertz CT molecular complexity index is 448. The molecular formula is C16H24N2O2S. The van der Waals surface area contributed by atoms with Crippen molar-refractivity contribution in [2.45, 2.75) is 42.2 Å². The molecule has 1 aromatic rings. The lowest BCUT2D eigenvalue weighted by Gasteiger charge is -2.14. The summed E-state index contributed by atoms with van der Waals surface area (Å²) in [7, 11) is 1.66. The van der Waals surface area contributed by atoms with E-state index in [-0.39, 0.29) is 6.03 Å². The molecule has 0 aromatic heterocycles. The van der Waals surface area contributed by atoms with E-state index in [1.807, 2.05) is 30.0 Å². The van der Waals surface area contributed by atoms with Crippen molar-refractivity contribution in [3.8, 4) is 0 Å². The molecule has 2 rings (SSSR count). The third kappa shape index (κ3) is 5.59. The molecule has 0 radical (unpaired) electrons. The van der Waals surface area contributed by atoms with Gasteiger partial charge in [0.15, 0.2) is 0 Å². The molecule has 2 N–H and O–H groups in total. The van der Waals surface area contributed by atoms with Crippen LogP contribution in [0.3, 0.4) is 0 Å². The van der Waals surface area contributed by atoms with Gasteiger partial charge in [0.1, 0.15) is 0 Å². The second kappa shape index (κ2) is 8.95. The molecule has 1 aliphatic carbocycles. The highest BCUT2D eigenvalue weighted by Crippen LogP contribution is 2.37. The summed E-state index contributed by atoms with van der Waals surface area (Å²) in [6.07, 6.45) is 6.04. The SMILES string of the molecule is COCCCNC(=O)Nc1ccccc1SC1CCCC1. The molecule has 1 aliphatic rings. The summed E-state index contributed by atoms with van der Waals surface area (Å²) >= 11 is 1.89. The van der Waals surface area contributed by atoms with Crippen LogP contribution >= 0.6 is 11.8 Å². The Labute approximate surface area is 131 Å². The van der Waals surface area contributed by atoms with Crippen LogP contribution < -0.4 is 10.6 Å². The number of carbonyl (C=O) groups excluding carboxylic acids is 1. The smallest absolute Gasteiger partial charge is 0.319 e. The van der Waals surface area contributed by atoms with E-state index in [9.17, 15) is 4.79 Å². The van der Waals surface area contributed by atoms with Crippen molar-refractivity contribution >= 4 is 23.5 Å². The second-order valence-corrected chi connectivity index (χ2v) is 6.59. The van der Waals surface area contributed by atoms with Crippen molar-refractivity contribution < 1.29 is 9.53 Å². The first kappa shape index (κ1) is 16.2. The fraction of sp³-hybridized carbons (Fsp3) is 0.562. The molecule has 0 unspecified atom stereocenters. The molecule has 0 spiro atoms. The van der Waals surface area contributed by atoms with E-state index in [0.717, 1.165) is 17.0 Å². The Balaban J connectivity index is 1.85. The Morgan fingerprint density at radius 3 is 2.86 bits per heavy atom. The lowest BCUT2D eigenvalue weighted by Crippen LogP contribution is -2.30. The number of para-hydroxylation sites is 1. The van der Waals surface area contributed by atoms with Crippen LogP contribution in [0.1, 0.15) is 32.1 Å². The van der Waals surface area contributed by atoms with Crippen LogP contribution in [-0.4, -0.2) is 31.5 Å². The van der Waals surface area contributed by atoms with Crippen molar-refractivity contribution in [2.24, 2.45) is 0 Å². The molecule has 0 aliphatic heterocycles. The quantitative estimate of drug-likeness (QED) is 0.752. The molecule has 0 atom stereocenters. The van der Waals surface area contributed by atoms with E-state index in [1.54, 1.807) is 7.11 Å². The Kier molecular flexibility index (Phi) is 6.89. The van der Waals surface area contributed by atoms with Gasteiger partial charge < -0.3 is 15.4 Å². The number of nitrogens with one attached hydrogen (secondary N) is 2. The monoisotopic (exact) mass is 308 g/mol. The number of hydrogen-bond acceptors (Lipinski definition) is 3. The minimum Gasteiger partial charge on any atom is -0.385 e. The van der Waals surface area contributed by atoms with Gasteiger partial charge in [-0.05, 0) is 31.4 Å². The summed E-state index contributed by atoms with van der Waals surface area (Å²) in [5, 5.41) is 6.49. The molecule has 2 amide bonds. The second-order valence-electron chi connectivity index (χ2n) is 5.25. The topological polar surface area (TPSA) is 50.4 Å². The molecule has 0 saturated heterocycles. The molecule has 1 fully saturated rings. The minimum atomic E-state index is -0.148. The average molecular weight is 308 g/mol. The average Bonchev–Trinajstić information content (AvgIpc) is 2.99. The number of amides is 2. The zero-order valence-corrected chi connectivity index (χ0v) is 13.4. The van der Waals surface area contributed by atoms with E-state index in [2.05, 4.69) is 16.7 Å². The van der Waals surface area contributed by atoms with Crippen molar-refractivity contribution in [1.82, 2.24) is 5.32 Å². The number of rotatable bonds is 7. The minimum absolute atomic E-state index is 0.148. The van der Waals surface area contributed by atoms with Gasteiger partial charge in [-0.2, -0.15) is 0 Å². The van der Waals surface area contributed by atoms with E-state index in [4.69, 9.17) is 4.74 Å². The number of hydrogen-bond donors (Lipinski definition) is 2. The van der Waals surface area contributed by atoms with Crippen LogP contribution in [0, 0.1) is 0 Å². The summed E-state index contributed by atoms with van der Waals surface area (Å²) in [6.45, 7) is 1.28. The van der Waals surface area contributed by atoms with Gasteiger partial charge in [-0.1, -0.05) is 25.0 Å². The molecule has 21 heavy (non-hydrogen) atoms. The fourth-order valence-corrected chi connectivity index (χ4v) is 3.77. The number of carbonyl (C=O) groups is 1. The summed E-state index contributed by atoms with van der Waals surface area (Å²) in [4.78, 5) is 13.1. The number of thioether (sulfide) groups is 1. The number of benzene rings is 1. The number of urea groups is 1. The molecule has 0 bridgehead atoms. The standard InChI is InChI=1S/C16H24N2O2S/c1-20-12-6-11-17-16(19)18-14-9-4-5-10-15(14)21-13-7-2-3-8-13/h4-5,9-10,13H,2-3,6-8,11-12H2,1H3,(H2,17,18,19). The molecule has 1 saturated carbocycles. The third-order valence-corrected chi connectivity index (χ3v) is 4.96. The highest BCUT2D eigenvalue weighted by atomic mass is 32.2. The Morgan fingerprint density at radius 1 is 1.33 bits per heavy atom. The number of ether oxygens (including phenoxy) is 1. The van der Waals surface area contributed by atoms with Crippen molar-refractivity contribution in [2.75, 3.05) is 25.6 Å². The van der Waals surface area contributed by atoms with Gasteiger partial charge in [-0.25, -0.2) is 4.79 Å². The predicted octanol–water partition coefficient (Wildman–Crippen LogP) is 3.88. The molecule has 5 heteroatoms. The molecule has 116 valence electrons. The van der Waals surface area contributed by atoms with E-state index in [0.29, 0.717) is 18.4 Å². The zero-order valence-electron chi connectivity index (χ0n) is 12.6. The van der Waals surface area contributed by atoms with Gasteiger partial charge in [-0.15, -0.1) is 11.8 Å². The summed E-state index contributed by atoms with van der Waals surface area (Å²) in [6, 6.07) is 7.89. The Hall–Kier alpha value is -1.20. The lowest BCUT2D eigenvalue weighted by atomic mass is 10.3. The third-order valence-electron chi connectivity index (χ3n) is 3.54. The first-order valence-corrected chi connectivity index (χ1v) is 8.47. The number of anilines is 1. The lowest BCUT2D eigenvalue weighted by molar-refractivity contribution is 0.194. The van der Waals surface area contributed by atoms with Gasteiger partial charge in [-0.3, -0.25) is 0 Å². The van der Waals surface area contributed by atoms with Gasteiger partial charge in [0.2, 0.25) is 0 Å². The van der Waals surface area contributed by atoms with Crippen LogP contribution in [0.4, 0.5) is 10.5 Å². The maximum absolute atomic E-state index is 11.9. The van der Waals surface area contributed by atoms with Crippen molar-refractivity contribution in [3.05, 3.63) is 24.3 Å². The maximum atomic E-state index is 11.9. The van der Waals surface area contributed by atoms with Gasteiger partial charge in [0.25, 0.3) is 0 Å². The predicted molar refractivity (Wildman–Crippen MR) is 88.1 cm³/mol. The Morgan fingerprint density at radius 2 is 2.10 bits per heavy atom. The first-order valence-electron chi connectivity index (χ1n) is 7.59. The van der Waals surface area contributed by atoms with Crippen LogP contribution in [0.5, 0.6) is 0 Å². The first-order chi connectivity index (χ1) is 10.3. The number of methoxy groups -OCH3 is 1. The molecular weight excluding hydrogens is 284 g/mol. The van der Waals surface area contributed by atoms with Gasteiger partial charge in [0, 0.05) is 30.4 Å². The zero-order chi connectivity index (χ0) is 14.9. The van der Waals surface area contributed by atoms with E-state index >= 15 is 0 Å². The van der Waals surface area contributed by atoms with Crippen molar-refractivity contribution in [1.29, 1.82) is 0 Å². The van der Waals surface area contributed by atoms with Gasteiger partial charge >= 0.3 is 6.03 Å². The van der Waals surface area contributed by atoms with E-state index < -0.39 is 0 Å². The molecule has 0 heterocycles. The molecule has 4 nitrogen and oxygen atoms in total. The normalized spacial score (nSPS) is 15.1. The van der Waals surface area contributed by atoms with Crippen LogP contribution in [0.2, 0.25) is 0 Å². The highest BCUT2D eigenvalue weighted by Gasteiger charge is 2.17. The van der Waals surface area contributed by atoms with Crippen LogP contribution in [0.25, 0.3) is 0 Å². The van der Waals surface area contributed by atoms with Gasteiger partial charge in [0.05, 0.1) is 5.69 Å². The maximum Gasteiger partial charge on any atom is 0.319 e. The summed E-state index contributed by atoms with van der Waals surface area (Å²) < 4.78 is 4.96.